The van der Waals surface area contributed by atoms with Gasteiger partial charge in [0.15, 0.2) is 0 Å². The summed E-state index contributed by atoms with van der Waals surface area (Å²) in [6.45, 7) is 5.19. The summed E-state index contributed by atoms with van der Waals surface area (Å²) in [5.41, 5.74) is 0. The Bertz CT molecular complexity index is 779. The fraction of sp³-hybridized carbons (Fsp3) is 0.744. The lowest BCUT2D eigenvalue weighted by Gasteiger charge is -2.15. The van der Waals surface area contributed by atoms with E-state index < -0.39 is 6.10 Å². The molecule has 0 aliphatic heterocycles. The number of esters is 1. The van der Waals surface area contributed by atoms with Gasteiger partial charge in [0.25, 0.3) is 0 Å². The highest BCUT2D eigenvalue weighted by Crippen LogP contribution is 2.12. The van der Waals surface area contributed by atoms with Crippen LogP contribution in [0.2, 0.25) is 0 Å². The van der Waals surface area contributed by atoms with Gasteiger partial charge in [0.05, 0.1) is 13.2 Å². The fourth-order valence-corrected chi connectivity index (χ4v) is 5.37. The summed E-state index contributed by atoms with van der Waals surface area (Å²) in [4.78, 5) is 12.1. The minimum atomic E-state index is -0.542. The average Bonchev–Trinajstić information content (AvgIpc) is 3.08. The summed E-state index contributed by atoms with van der Waals surface area (Å²) in [6.07, 6.45) is 52.7. The van der Waals surface area contributed by atoms with Gasteiger partial charge in [0.2, 0.25) is 0 Å². The molecule has 1 atom stereocenters. The minimum Gasteiger partial charge on any atom is -0.457 e. The Kier molecular flexibility index (Phi) is 38.6. The van der Waals surface area contributed by atoms with Crippen molar-refractivity contribution in [3.05, 3.63) is 60.8 Å². The number of unbranched alkanes of at least 4 members (excludes halogenated alkanes) is 18. The monoisotopic (exact) mass is 657 g/mol. The van der Waals surface area contributed by atoms with E-state index in [1.165, 1.54) is 109 Å². The Hall–Kier alpha value is -1.91. The van der Waals surface area contributed by atoms with Gasteiger partial charge in [0, 0.05) is 13.0 Å². The van der Waals surface area contributed by atoms with Gasteiger partial charge >= 0.3 is 5.97 Å². The van der Waals surface area contributed by atoms with Crippen molar-refractivity contribution < 1.29 is 19.4 Å². The number of ether oxygens (including phenoxy) is 2. The Morgan fingerprint density at radius 1 is 0.532 bits per heavy atom. The van der Waals surface area contributed by atoms with E-state index >= 15 is 0 Å². The predicted molar refractivity (Wildman–Crippen MR) is 205 cm³/mol. The lowest BCUT2D eigenvalue weighted by Crippen LogP contribution is -2.27. The number of aliphatic hydroxyl groups excluding tert-OH is 1. The molecule has 0 saturated carbocycles. The molecule has 1 unspecified atom stereocenters. The third-order valence-corrected chi connectivity index (χ3v) is 8.33. The van der Waals surface area contributed by atoms with Crippen LogP contribution in [0.15, 0.2) is 60.8 Å². The smallest absolute Gasteiger partial charge is 0.306 e. The quantitative estimate of drug-likeness (QED) is 0.0414. The van der Waals surface area contributed by atoms with Gasteiger partial charge in [-0.25, -0.2) is 0 Å². The van der Waals surface area contributed by atoms with E-state index in [4.69, 9.17) is 9.47 Å². The summed E-state index contributed by atoms with van der Waals surface area (Å²) in [5, 5.41) is 9.57. The lowest BCUT2D eigenvalue weighted by molar-refractivity contribution is -0.154. The number of hydrogen-bond acceptors (Lipinski definition) is 4. The molecule has 0 saturated heterocycles. The Balaban J connectivity index is 3.46. The molecule has 0 fully saturated rings. The van der Waals surface area contributed by atoms with Crippen molar-refractivity contribution in [3.8, 4) is 0 Å². The normalized spacial score (nSPS) is 13.0. The zero-order valence-corrected chi connectivity index (χ0v) is 31.0. The third-order valence-electron chi connectivity index (χ3n) is 8.33. The average molecular weight is 657 g/mol. The van der Waals surface area contributed by atoms with Crippen LogP contribution in [-0.4, -0.2) is 37.0 Å². The van der Waals surface area contributed by atoms with E-state index in [0.717, 1.165) is 51.4 Å². The lowest BCUT2D eigenvalue weighted by atomic mass is 10.1. The minimum absolute atomic E-state index is 0.179. The van der Waals surface area contributed by atoms with Crippen molar-refractivity contribution >= 4 is 5.97 Å². The van der Waals surface area contributed by atoms with E-state index in [-0.39, 0.29) is 19.2 Å². The molecular weight excluding hydrogens is 580 g/mol. The maximum absolute atomic E-state index is 12.1. The molecule has 0 aromatic carbocycles. The van der Waals surface area contributed by atoms with E-state index in [2.05, 4.69) is 74.6 Å². The molecule has 1 N–H and O–H groups in total. The Morgan fingerprint density at radius 3 is 1.47 bits per heavy atom. The van der Waals surface area contributed by atoms with Crippen LogP contribution in [0.1, 0.15) is 181 Å². The Morgan fingerprint density at radius 2 is 0.957 bits per heavy atom. The van der Waals surface area contributed by atoms with Crippen LogP contribution in [0.4, 0.5) is 0 Å². The highest BCUT2D eigenvalue weighted by Gasteiger charge is 2.13. The molecule has 0 amide bonds. The summed E-state index contributed by atoms with van der Waals surface area (Å²) in [5.74, 6) is -0.214. The second kappa shape index (κ2) is 40.3. The maximum Gasteiger partial charge on any atom is 0.306 e. The largest absolute Gasteiger partial charge is 0.457 e. The second-order valence-electron chi connectivity index (χ2n) is 13.0. The first-order valence-corrected chi connectivity index (χ1v) is 19.9. The molecule has 0 aromatic rings. The molecule has 0 aromatic heterocycles. The van der Waals surface area contributed by atoms with Gasteiger partial charge in [-0.2, -0.15) is 0 Å². The highest BCUT2D eigenvalue weighted by molar-refractivity contribution is 5.69. The molecule has 272 valence electrons. The molecule has 0 spiro atoms. The van der Waals surface area contributed by atoms with Gasteiger partial charge in [0.1, 0.15) is 6.10 Å². The fourth-order valence-electron chi connectivity index (χ4n) is 5.37. The van der Waals surface area contributed by atoms with Crippen LogP contribution in [-0.2, 0) is 14.3 Å². The number of carbonyl (C=O) groups is 1. The second-order valence-corrected chi connectivity index (χ2v) is 13.0. The van der Waals surface area contributed by atoms with Crippen LogP contribution in [0, 0.1) is 0 Å². The van der Waals surface area contributed by atoms with Gasteiger partial charge in [-0.1, -0.05) is 158 Å². The van der Waals surface area contributed by atoms with E-state index in [0.29, 0.717) is 13.0 Å². The predicted octanol–water partition coefficient (Wildman–Crippen LogP) is 12.9. The first kappa shape index (κ1) is 45.1. The highest BCUT2D eigenvalue weighted by atomic mass is 16.6. The van der Waals surface area contributed by atoms with Gasteiger partial charge < -0.3 is 14.6 Å². The molecule has 0 rings (SSSR count). The van der Waals surface area contributed by atoms with Crippen molar-refractivity contribution in [1.29, 1.82) is 0 Å². The number of allylic oxidation sites excluding steroid dienone is 10. The molecular formula is C43H76O4. The first-order valence-electron chi connectivity index (χ1n) is 19.9. The topological polar surface area (TPSA) is 55.8 Å². The van der Waals surface area contributed by atoms with E-state index in [9.17, 15) is 9.90 Å². The number of carbonyl (C=O) groups excluding carboxylic acids is 1. The van der Waals surface area contributed by atoms with Crippen LogP contribution in [0.25, 0.3) is 0 Å². The SMILES string of the molecule is CC/C=C\C/C=C\C/C=C\C/C=C\CCCCCCCCCCCOCC(CO)OC(=O)CCCCCCC/C=C\CCCCCC. The molecule has 0 aliphatic rings. The zero-order valence-electron chi connectivity index (χ0n) is 31.0. The van der Waals surface area contributed by atoms with E-state index in [1.54, 1.807) is 0 Å². The Labute approximate surface area is 292 Å². The number of aliphatic hydroxyl groups is 1. The van der Waals surface area contributed by atoms with Crippen LogP contribution < -0.4 is 0 Å². The summed E-state index contributed by atoms with van der Waals surface area (Å²) >= 11 is 0. The van der Waals surface area contributed by atoms with Crippen molar-refractivity contribution in [3.63, 3.8) is 0 Å². The van der Waals surface area contributed by atoms with Crippen LogP contribution in [0.5, 0.6) is 0 Å². The summed E-state index contributed by atoms with van der Waals surface area (Å²) in [6, 6.07) is 0. The zero-order chi connectivity index (χ0) is 34.1. The first-order chi connectivity index (χ1) is 23.2. The maximum atomic E-state index is 12.1. The van der Waals surface area contributed by atoms with Crippen molar-refractivity contribution in [2.24, 2.45) is 0 Å². The van der Waals surface area contributed by atoms with Crippen molar-refractivity contribution in [1.82, 2.24) is 0 Å². The molecule has 0 heterocycles. The molecule has 4 nitrogen and oxygen atoms in total. The molecule has 4 heteroatoms. The van der Waals surface area contributed by atoms with Gasteiger partial charge in [-0.05, 0) is 77.0 Å². The molecule has 0 radical (unpaired) electrons. The van der Waals surface area contributed by atoms with Crippen molar-refractivity contribution in [2.45, 2.75) is 187 Å². The summed E-state index contributed by atoms with van der Waals surface area (Å²) < 4.78 is 11.1. The van der Waals surface area contributed by atoms with Gasteiger partial charge in [-0.3, -0.25) is 4.79 Å². The van der Waals surface area contributed by atoms with E-state index in [1.807, 2.05) is 0 Å². The molecule has 0 bridgehead atoms. The van der Waals surface area contributed by atoms with Crippen LogP contribution >= 0.6 is 0 Å². The van der Waals surface area contributed by atoms with Crippen molar-refractivity contribution in [2.75, 3.05) is 19.8 Å². The third kappa shape index (κ3) is 38.4. The number of hydrogen-bond donors (Lipinski definition) is 1. The number of rotatable bonds is 36. The summed E-state index contributed by atoms with van der Waals surface area (Å²) in [7, 11) is 0. The molecule has 47 heavy (non-hydrogen) atoms. The van der Waals surface area contributed by atoms with Gasteiger partial charge in [-0.15, -0.1) is 0 Å². The molecule has 0 aliphatic carbocycles. The van der Waals surface area contributed by atoms with Crippen LogP contribution in [0.3, 0.4) is 0 Å². The standard InChI is InChI=1S/C43H76O4/c1-3-5-7-9-11-13-15-17-18-19-20-21-22-23-24-25-27-29-31-33-35-37-39-46-41-42(40-44)47-43(45)38-36-34-32-30-28-26-16-14-12-10-8-6-4-2/h5,7,11,13-14,16-18,20-21,42,44H,3-4,6,8-10,12,15,19,22-41H2,1-2H3/b7-5-,13-11-,16-14-,18-17-,21-20-.